The lowest BCUT2D eigenvalue weighted by molar-refractivity contribution is -0.485. The Labute approximate surface area is 75.3 Å². The molecule has 0 atom stereocenters. The summed E-state index contributed by atoms with van der Waals surface area (Å²) in [6.07, 6.45) is 0. The van der Waals surface area contributed by atoms with Gasteiger partial charge in [0.25, 0.3) is 0 Å². The molecule has 0 amide bonds. The summed E-state index contributed by atoms with van der Waals surface area (Å²) in [4.78, 5) is 19.4. The van der Waals surface area contributed by atoms with E-state index in [1.807, 2.05) is 0 Å². The van der Waals surface area contributed by atoms with Gasteiger partial charge in [-0.05, 0) is 0 Å². The largest absolute Gasteiger partial charge is 0.362 e. The maximum atomic E-state index is 9.70. The fourth-order valence-electron chi connectivity index (χ4n) is 0.310. The molecule has 0 fully saturated rings. The van der Waals surface area contributed by atoms with Gasteiger partial charge in [-0.25, -0.2) is 20.2 Å². The summed E-state index contributed by atoms with van der Waals surface area (Å²) in [5, 5.41) is 27.9. The van der Waals surface area contributed by atoms with Crippen LogP contribution < -0.4 is 11.5 Å². The van der Waals surface area contributed by atoms with Crippen LogP contribution in [0, 0.1) is 20.2 Å². The lowest BCUT2D eigenvalue weighted by atomic mass is 11.0. The molecule has 0 bridgehead atoms. The molecule has 12 nitrogen and oxygen atoms in total. The van der Waals surface area contributed by atoms with Crippen LogP contribution in [0.25, 0.3) is 0 Å². The number of rotatable bonds is 2. The van der Waals surface area contributed by atoms with E-state index in [1.165, 1.54) is 0 Å². The van der Waals surface area contributed by atoms with Crippen LogP contribution in [-0.4, -0.2) is 22.0 Å². The topological polar surface area (TPSA) is 188 Å². The van der Waals surface area contributed by atoms with E-state index >= 15 is 0 Å². The number of guanidine groups is 2. The number of nitrogens with two attached hydrogens (primary N) is 2. The smallest absolute Gasteiger partial charge is 0.311 e. The lowest BCUT2D eigenvalue weighted by Gasteiger charge is -1.83. The summed E-state index contributed by atoms with van der Waals surface area (Å²) in [5.41, 5.74) is 9.64. The van der Waals surface area contributed by atoms with E-state index in [9.17, 15) is 20.2 Å². The van der Waals surface area contributed by atoms with Gasteiger partial charge in [0.1, 0.15) is 10.2 Å². The Bertz CT molecular complexity index is 296. The number of azo groups is 1. The van der Waals surface area contributed by atoms with E-state index in [-0.39, 0.29) is 0 Å². The van der Waals surface area contributed by atoms with Crippen molar-refractivity contribution in [3.05, 3.63) is 20.2 Å². The summed E-state index contributed by atoms with van der Waals surface area (Å²) in [6.45, 7) is 0. The fraction of sp³-hybridized carbons (Fsp3) is 0. The monoisotopic (exact) mass is 204 g/mol. The molecule has 0 spiro atoms. The van der Waals surface area contributed by atoms with Gasteiger partial charge in [-0.3, -0.25) is 0 Å². The Balaban J connectivity index is 4.45. The van der Waals surface area contributed by atoms with Crippen molar-refractivity contribution in [2.75, 3.05) is 0 Å². The average Bonchev–Trinajstić information content (AvgIpc) is 1.98. The van der Waals surface area contributed by atoms with Gasteiger partial charge in [0.05, 0.1) is 0 Å². The van der Waals surface area contributed by atoms with Crippen molar-refractivity contribution < 1.29 is 10.1 Å². The predicted octanol–water partition coefficient (Wildman–Crippen LogP) is -1.55. The normalized spacial score (nSPS) is 13.1. The molecule has 0 aromatic rings. The molecule has 0 aromatic carbocycles. The van der Waals surface area contributed by atoms with Crippen molar-refractivity contribution in [1.82, 2.24) is 0 Å². The summed E-state index contributed by atoms with van der Waals surface area (Å²) in [6, 6.07) is 0. The molecular formula is C2H4N8O4. The van der Waals surface area contributed by atoms with E-state index in [0.29, 0.717) is 0 Å². The van der Waals surface area contributed by atoms with Crippen LogP contribution in [0.2, 0.25) is 0 Å². The van der Waals surface area contributed by atoms with E-state index in [1.54, 1.807) is 0 Å². The van der Waals surface area contributed by atoms with Crippen molar-refractivity contribution in [3.8, 4) is 0 Å². The maximum Gasteiger partial charge on any atom is 0.311 e. The minimum atomic E-state index is -1.12. The molecule has 4 N–H and O–H groups in total. The lowest BCUT2D eigenvalue weighted by Crippen LogP contribution is -2.14. The van der Waals surface area contributed by atoms with E-state index in [0.717, 1.165) is 0 Å². The average molecular weight is 204 g/mol. The minimum absolute atomic E-state index is 0.809. The standard InChI is InChI=1S/C2H4N8O4/c3-1(7-9(11)12)5-6-2(4)8-10(13)14/h(H2,3,7)(H2,4,8). The van der Waals surface area contributed by atoms with Gasteiger partial charge in [-0.15, -0.1) is 10.2 Å². The van der Waals surface area contributed by atoms with Crippen molar-refractivity contribution in [1.29, 1.82) is 0 Å². The molecule has 12 heteroatoms. The first kappa shape index (κ1) is 11.3. The van der Waals surface area contributed by atoms with Gasteiger partial charge in [-0.2, -0.15) is 0 Å². The molecule has 0 rings (SSSR count). The zero-order chi connectivity index (χ0) is 11.1. The summed E-state index contributed by atoms with van der Waals surface area (Å²) in [5.74, 6) is -1.62. The highest BCUT2D eigenvalue weighted by molar-refractivity contribution is 5.82. The van der Waals surface area contributed by atoms with Crippen molar-refractivity contribution >= 4 is 11.9 Å². The second-order valence-electron chi connectivity index (χ2n) is 1.59. The first-order valence-corrected chi connectivity index (χ1v) is 2.80. The molecule has 0 radical (unpaired) electrons. The van der Waals surface area contributed by atoms with Crippen LogP contribution in [-0.2, 0) is 0 Å². The molecule has 0 aliphatic carbocycles. The zero-order valence-corrected chi connectivity index (χ0v) is 6.47. The number of nitro groups is 2. The van der Waals surface area contributed by atoms with Crippen LogP contribution in [0.15, 0.2) is 20.4 Å². The van der Waals surface area contributed by atoms with Gasteiger partial charge in [0, 0.05) is 0 Å². The van der Waals surface area contributed by atoms with Crippen LogP contribution in [0.1, 0.15) is 0 Å². The molecule has 76 valence electrons. The molecule has 0 aromatic heterocycles. The molecule has 0 aliphatic rings. The predicted molar refractivity (Wildman–Crippen MR) is 42.1 cm³/mol. The van der Waals surface area contributed by atoms with E-state index in [2.05, 4.69) is 20.4 Å². The van der Waals surface area contributed by atoms with Crippen LogP contribution in [0.4, 0.5) is 0 Å². The summed E-state index contributed by atoms with van der Waals surface area (Å²) >= 11 is 0. The quantitative estimate of drug-likeness (QED) is 0.180. The maximum absolute atomic E-state index is 9.70. The van der Waals surface area contributed by atoms with Crippen LogP contribution in [0.3, 0.4) is 0 Å². The molecule has 0 aliphatic heterocycles. The third-order valence-electron chi connectivity index (χ3n) is 0.623. The molecule has 0 saturated heterocycles. The van der Waals surface area contributed by atoms with Gasteiger partial charge < -0.3 is 11.5 Å². The Kier molecular flexibility index (Phi) is 4.11. The van der Waals surface area contributed by atoms with E-state index < -0.39 is 22.0 Å². The molecule has 0 saturated carbocycles. The summed E-state index contributed by atoms with van der Waals surface area (Å²) in [7, 11) is 0. The van der Waals surface area contributed by atoms with Crippen molar-refractivity contribution in [3.63, 3.8) is 0 Å². The minimum Gasteiger partial charge on any atom is -0.362 e. The highest BCUT2D eigenvalue weighted by Gasteiger charge is 1.99. The van der Waals surface area contributed by atoms with Crippen molar-refractivity contribution in [2.45, 2.75) is 0 Å². The van der Waals surface area contributed by atoms with Crippen LogP contribution in [0.5, 0.6) is 0 Å². The van der Waals surface area contributed by atoms with Gasteiger partial charge in [-0.1, -0.05) is 0 Å². The molecular weight excluding hydrogens is 200 g/mol. The Hall–Kier alpha value is -2.66. The highest BCUT2D eigenvalue weighted by atomic mass is 16.7. The molecule has 14 heavy (non-hydrogen) atoms. The number of hydrogen-bond donors (Lipinski definition) is 2. The Morgan fingerprint density at radius 3 is 1.43 bits per heavy atom. The van der Waals surface area contributed by atoms with Gasteiger partial charge >= 0.3 is 11.9 Å². The fourth-order valence-corrected chi connectivity index (χ4v) is 0.310. The zero-order valence-electron chi connectivity index (χ0n) is 6.47. The second-order valence-corrected chi connectivity index (χ2v) is 1.59. The summed E-state index contributed by atoms with van der Waals surface area (Å²) < 4.78 is 0. The second kappa shape index (κ2) is 5.07. The number of hydrogen-bond acceptors (Lipinski definition) is 4. The Morgan fingerprint density at radius 1 is 0.929 bits per heavy atom. The third kappa shape index (κ3) is 6.08. The first-order valence-electron chi connectivity index (χ1n) is 2.80. The van der Waals surface area contributed by atoms with Crippen molar-refractivity contribution in [2.24, 2.45) is 31.9 Å². The third-order valence-corrected chi connectivity index (χ3v) is 0.623. The van der Waals surface area contributed by atoms with E-state index in [4.69, 9.17) is 11.5 Å². The Morgan fingerprint density at radius 2 is 1.21 bits per heavy atom. The highest BCUT2D eigenvalue weighted by Crippen LogP contribution is 1.80. The van der Waals surface area contributed by atoms with Gasteiger partial charge in [0.15, 0.2) is 10.1 Å². The first-order chi connectivity index (χ1) is 6.41. The van der Waals surface area contributed by atoms with Crippen LogP contribution >= 0.6 is 0 Å². The number of hydrazone groups is 2. The number of nitrogens with zero attached hydrogens (tertiary/aromatic N) is 6. The SMILES string of the molecule is NC(N=NC(N)=N[N+](=O)[O-])=N[N+](=O)[O-]. The molecule has 0 heterocycles. The van der Waals surface area contributed by atoms with Gasteiger partial charge in [0.2, 0.25) is 0 Å². The molecule has 0 unspecified atom stereocenters.